The Hall–Kier alpha value is -1.75. The van der Waals surface area contributed by atoms with Crippen molar-refractivity contribution < 1.29 is 14.0 Å². The van der Waals surface area contributed by atoms with Crippen LogP contribution in [0.4, 0.5) is 4.79 Å². The summed E-state index contributed by atoms with van der Waals surface area (Å²) in [5.41, 5.74) is 0. The van der Waals surface area contributed by atoms with E-state index in [1.54, 1.807) is 18.2 Å². The Morgan fingerprint density at radius 2 is 2.31 bits per heavy atom. The third-order valence-electron chi connectivity index (χ3n) is 2.00. The van der Waals surface area contributed by atoms with E-state index in [-0.39, 0.29) is 17.7 Å². The summed E-state index contributed by atoms with van der Waals surface area (Å²) < 4.78 is 5.08. The van der Waals surface area contributed by atoms with E-state index in [9.17, 15) is 9.59 Å². The molecular formula is C11H9NO3S. The van der Waals surface area contributed by atoms with Crippen LogP contribution in [0, 0.1) is 0 Å². The molecule has 0 spiro atoms. The lowest BCUT2D eigenvalue weighted by atomic mass is 10.3. The van der Waals surface area contributed by atoms with Gasteiger partial charge in [0.2, 0.25) is 0 Å². The SMILES string of the molecule is C=CCN1C(=O)S/C(=C/c2ccco2)C1=O. The minimum absolute atomic E-state index is 0.236. The van der Waals surface area contributed by atoms with Crippen LogP contribution in [0.3, 0.4) is 0 Å². The van der Waals surface area contributed by atoms with Crippen LogP contribution >= 0.6 is 11.8 Å². The number of rotatable bonds is 3. The second-order valence-corrected chi connectivity index (χ2v) is 4.09. The van der Waals surface area contributed by atoms with E-state index in [1.807, 2.05) is 0 Å². The summed E-state index contributed by atoms with van der Waals surface area (Å²) in [6.07, 6.45) is 4.60. The summed E-state index contributed by atoms with van der Waals surface area (Å²) in [6, 6.07) is 3.45. The van der Waals surface area contributed by atoms with Crippen LogP contribution in [0.15, 0.2) is 40.4 Å². The summed E-state index contributed by atoms with van der Waals surface area (Å²) in [6.45, 7) is 3.74. The van der Waals surface area contributed by atoms with Crippen molar-refractivity contribution in [3.63, 3.8) is 0 Å². The highest BCUT2D eigenvalue weighted by molar-refractivity contribution is 8.18. The first-order chi connectivity index (χ1) is 7.72. The quantitative estimate of drug-likeness (QED) is 0.596. The fraction of sp³-hybridized carbons (Fsp3) is 0.0909. The molecule has 4 nitrogen and oxygen atoms in total. The molecule has 0 aromatic carbocycles. The topological polar surface area (TPSA) is 50.5 Å². The van der Waals surface area contributed by atoms with E-state index in [4.69, 9.17) is 4.42 Å². The van der Waals surface area contributed by atoms with Gasteiger partial charge in [-0.05, 0) is 23.9 Å². The van der Waals surface area contributed by atoms with Gasteiger partial charge in [-0.1, -0.05) is 6.08 Å². The molecule has 1 aromatic rings. The number of carbonyl (C=O) groups excluding carboxylic acids is 2. The van der Waals surface area contributed by atoms with Crippen LogP contribution in [0.5, 0.6) is 0 Å². The van der Waals surface area contributed by atoms with Crippen molar-refractivity contribution in [1.29, 1.82) is 0 Å². The average Bonchev–Trinajstić information content (AvgIpc) is 2.84. The zero-order chi connectivity index (χ0) is 11.5. The summed E-state index contributed by atoms with van der Waals surface area (Å²) in [7, 11) is 0. The Bertz CT molecular complexity index is 462. The molecule has 82 valence electrons. The predicted octanol–water partition coefficient (Wildman–Crippen LogP) is 2.50. The van der Waals surface area contributed by atoms with Gasteiger partial charge in [-0.2, -0.15) is 0 Å². The van der Waals surface area contributed by atoms with Crippen LogP contribution in [-0.2, 0) is 4.79 Å². The highest BCUT2D eigenvalue weighted by atomic mass is 32.2. The van der Waals surface area contributed by atoms with Crippen molar-refractivity contribution in [1.82, 2.24) is 4.90 Å². The number of imide groups is 1. The first-order valence-electron chi connectivity index (χ1n) is 4.62. The molecule has 1 aliphatic heterocycles. The number of nitrogens with zero attached hydrogens (tertiary/aromatic N) is 1. The fourth-order valence-corrected chi connectivity index (χ4v) is 2.12. The van der Waals surface area contributed by atoms with Crippen LogP contribution in [0.1, 0.15) is 5.76 Å². The van der Waals surface area contributed by atoms with Gasteiger partial charge in [0.25, 0.3) is 11.1 Å². The van der Waals surface area contributed by atoms with E-state index in [0.29, 0.717) is 10.7 Å². The largest absolute Gasteiger partial charge is 0.465 e. The molecule has 1 fully saturated rings. The number of hydrogen-bond acceptors (Lipinski definition) is 4. The standard InChI is InChI=1S/C11H9NO3S/c1-2-5-12-10(13)9(16-11(12)14)7-8-4-3-6-15-8/h2-4,6-7H,1,5H2/b9-7+. The molecule has 2 rings (SSSR count). The lowest BCUT2D eigenvalue weighted by molar-refractivity contribution is -0.122. The van der Waals surface area contributed by atoms with E-state index in [2.05, 4.69) is 6.58 Å². The van der Waals surface area contributed by atoms with Gasteiger partial charge in [0.05, 0.1) is 11.2 Å². The van der Waals surface area contributed by atoms with Crippen molar-refractivity contribution >= 4 is 29.0 Å². The lowest BCUT2D eigenvalue weighted by Crippen LogP contribution is -2.27. The molecule has 2 amide bonds. The normalized spacial score (nSPS) is 18.5. The third-order valence-corrected chi connectivity index (χ3v) is 2.91. The molecule has 0 radical (unpaired) electrons. The lowest BCUT2D eigenvalue weighted by Gasteiger charge is -2.07. The maximum Gasteiger partial charge on any atom is 0.293 e. The molecule has 0 atom stereocenters. The van der Waals surface area contributed by atoms with Crippen molar-refractivity contribution in [3.8, 4) is 0 Å². The molecular weight excluding hydrogens is 226 g/mol. The minimum Gasteiger partial charge on any atom is -0.465 e. The van der Waals surface area contributed by atoms with E-state index in [1.165, 1.54) is 12.3 Å². The Balaban J connectivity index is 2.23. The van der Waals surface area contributed by atoms with Crippen molar-refractivity contribution in [2.24, 2.45) is 0 Å². The number of thioether (sulfide) groups is 1. The molecule has 5 heteroatoms. The van der Waals surface area contributed by atoms with Crippen LogP contribution in [0.25, 0.3) is 6.08 Å². The van der Waals surface area contributed by atoms with E-state index < -0.39 is 0 Å². The van der Waals surface area contributed by atoms with Crippen molar-refractivity contribution in [3.05, 3.63) is 41.7 Å². The first kappa shape index (κ1) is 10.8. The number of carbonyl (C=O) groups is 2. The van der Waals surface area contributed by atoms with Gasteiger partial charge in [-0.15, -0.1) is 6.58 Å². The van der Waals surface area contributed by atoms with Crippen molar-refractivity contribution in [2.75, 3.05) is 6.54 Å². The summed E-state index contributed by atoms with van der Waals surface area (Å²) >= 11 is 0.911. The molecule has 1 aliphatic rings. The monoisotopic (exact) mass is 235 g/mol. The second kappa shape index (κ2) is 4.40. The molecule has 0 unspecified atom stereocenters. The maximum absolute atomic E-state index is 11.8. The van der Waals surface area contributed by atoms with Crippen LogP contribution < -0.4 is 0 Å². The van der Waals surface area contributed by atoms with Gasteiger partial charge in [0.15, 0.2) is 0 Å². The highest BCUT2D eigenvalue weighted by Gasteiger charge is 2.34. The smallest absolute Gasteiger partial charge is 0.293 e. The third kappa shape index (κ3) is 1.94. The molecule has 2 heterocycles. The summed E-state index contributed by atoms with van der Waals surface area (Å²) in [5.74, 6) is 0.260. The number of furan rings is 1. The van der Waals surface area contributed by atoms with Crippen molar-refractivity contribution in [2.45, 2.75) is 0 Å². The Morgan fingerprint density at radius 1 is 1.50 bits per heavy atom. The zero-order valence-electron chi connectivity index (χ0n) is 8.38. The van der Waals surface area contributed by atoms with Gasteiger partial charge in [0, 0.05) is 12.6 Å². The second-order valence-electron chi connectivity index (χ2n) is 3.10. The molecule has 0 aliphatic carbocycles. The fourth-order valence-electron chi connectivity index (χ4n) is 1.29. The zero-order valence-corrected chi connectivity index (χ0v) is 9.20. The summed E-state index contributed by atoms with van der Waals surface area (Å²) in [4.78, 5) is 24.7. The van der Waals surface area contributed by atoms with E-state index >= 15 is 0 Å². The maximum atomic E-state index is 11.8. The van der Waals surface area contributed by atoms with Crippen LogP contribution in [0.2, 0.25) is 0 Å². The predicted molar refractivity (Wildman–Crippen MR) is 61.6 cm³/mol. The number of hydrogen-bond donors (Lipinski definition) is 0. The Morgan fingerprint density at radius 3 is 2.94 bits per heavy atom. The molecule has 0 saturated carbocycles. The molecule has 1 saturated heterocycles. The highest BCUT2D eigenvalue weighted by Crippen LogP contribution is 2.31. The molecule has 16 heavy (non-hydrogen) atoms. The minimum atomic E-state index is -0.300. The molecule has 1 aromatic heterocycles. The van der Waals surface area contributed by atoms with E-state index in [0.717, 1.165) is 16.7 Å². The van der Waals surface area contributed by atoms with Crippen LogP contribution in [-0.4, -0.2) is 22.6 Å². The Kier molecular flexibility index (Phi) is 2.96. The van der Waals surface area contributed by atoms with Gasteiger partial charge in [0.1, 0.15) is 5.76 Å². The average molecular weight is 235 g/mol. The van der Waals surface area contributed by atoms with Gasteiger partial charge in [-0.25, -0.2) is 0 Å². The molecule has 0 N–H and O–H groups in total. The first-order valence-corrected chi connectivity index (χ1v) is 5.44. The van der Waals surface area contributed by atoms with Gasteiger partial charge in [-0.3, -0.25) is 14.5 Å². The number of amides is 2. The van der Waals surface area contributed by atoms with Gasteiger partial charge >= 0.3 is 0 Å². The Labute approximate surface area is 96.6 Å². The van der Waals surface area contributed by atoms with Gasteiger partial charge < -0.3 is 4.42 Å². The molecule has 0 bridgehead atoms. The summed E-state index contributed by atoms with van der Waals surface area (Å²) in [5, 5.41) is -0.275.